The van der Waals surface area contributed by atoms with Crippen LogP contribution >= 0.6 is 11.6 Å². The van der Waals surface area contributed by atoms with Crippen LogP contribution in [-0.4, -0.2) is 0 Å². The molecule has 0 saturated heterocycles. The third-order valence-electron chi connectivity index (χ3n) is 7.01. The number of hydrogen-bond donors (Lipinski definition) is 0. The highest BCUT2D eigenvalue weighted by molar-refractivity contribution is 6.33. The molecule has 0 bridgehead atoms. The number of allylic oxidation sites excluding steroid dienone is 20. The van der Waals surface area contributed by atoms with Crippen LogP contribution in [0.4, 0.5) is 0 Å². The molecule has 0 aromatic heterocycles. The lowest BCUT2D eigenvalue weighted by molar-refractivity contribution is 1.02. The van der Waals surface area contributed by atoms with Gasteiger partial charge in [-0.15, -0.1) is 0 Å². The quantitative estimate of drug-likeness (QED) is 0.357. The van der Waals surface area contributed by atoms with E-state index in [-0.39, 0.29) is 29.6 Å². The second kappa shape index (κ2) is 10.9. The lowest BCUT2D eigenvalue weighted by Crippen LogP contribution is -2.10. The van der Waals surface area contributed by atoms with Crippen molar-refractivity contribution in [3.8, 4) is 35.5 Å². The van der Waals surface area contributed by atoms with Crippen LogP contribution in [-0.2, 0) is 0 Å². The summed E-state index contributed by atoms with van der Waals surface area (Å²) in [6.07, 6.45) is 41.9. The standard InChI is InChI=1S/C37H25Cl/c38-37-33(25-22-28-13-3-4-14-28)35(30-17-7-8-18-30)32(24-21-27-11-1-2-12-27)36(31-19-9-10-20-31)34(37)26-23-29-15-5-6-16-29/h1-20,27-31H. The summed E-state index contributed by atoms with van der Waals surface area (Å²) in [5.74, 6) is 21.2. The van der Waals surface area contributed by atoms with E-state index in [0.29, 0.717) is 5.02 Å². The van der Waals surface area contributed by atoms with Crippen LogP contribution < -0.4 is 0 Å². The van der Waals surface area contributed by atoms with Gasteiger partial charge in [-0.05, 0) is 11.1 Å². The predicted molar refractivity (Wildman–Crippen MR) is 159 cm³/mol. The van der Waals surface area contributed by atoms with Gasteiger partial charge >= 0.3 is 0 Å². The highest BCUT2D eigenvalue weighted by Gasteiger charge is 2.28. The van der Waals surface area contributed by atoms with Crippen molar-refractivity contribution in [3.63, 3.8) is 0 Å². The molecule has 0 amide bonds. The molecule has 0 aliphatic heterocycles. The molecule has 0 unspecified atom stereocenters. The van der Waals surface area contributed by atoms with E-state index in [1.54, 1.807) is 0 Å². The Kier molecular flexibility index (Phi) is 6.88. The molecule has 1 aromatic carbocycles. The van der Waals surface area contributed by atoms with Crippen LogP contribution in [0, 0.1) is 53.3 Å². The van der Waals surface area contributed by atoms with Crippen molar-refractivity contribution < 1.29 is 0 Å². The normalized spacial score (nSPS) is 19.1. The molecule has 0 radical (unpaired) electrons. The Morgan fingerprint density at radius 3 is 1.03 bits per heavy atom. The van der Waals surface area contributed by atoms with Gasteiger partial charge in [0, 0.05) is 28.5 Å². The minimum absolute atomic E-state index is 0.0428. The smallest absolute Gasteiger partial charge is 0.0726 e. The van der Waals surface area contributed by atoms with Gasteiger partial charge in [0.15, 0.2) is 0 Å². The van der Waals surface area contributed by atoms with E-state index < -0.39 is 0 Å². The maximum absolute atomic E-state index is 7.30. The zero-order valence-electron chi connectivity index (χ0n) is 20.8. The Bertz CT molecular complexity index is 1500. The van der Waals surface area contributed by atoms with Crippen LogP contribution in [0.5, 0.6) is 0 Å². The largest absolute Gasteiger partial charge is 0.0861 e. The Balaban J connectivity index is 1.64. The molecule has 0 fully saturated rings. The minimum Gasteiger partial charge on any atom is -0.0861 e. The van der Waals surface area contributed by atoms with Gasteiger partial charge in [0.05, 0.1) is 22.8 Å². The molecule has 0 spiro atoms. The number of halogens is 1. The molecule has 0 atom stereocenters. The van der Waals surface area contributed by atoms with Gasteiger partial charge < -0.3 is 0 Å². The number of rotatable bonds is 2. The molecule has 0 heterocycles. The molecule has 1 aromatic rings. The number of benzene rings is 1. The molecule has 38 heavy (non-hydrogen) atoms. The molecule has 5 aliphatic carbocycles. The predicted octanol–water partition coefficient (Wildman–Crippen LogP) is 8.04. The molecule has 0 nitrogen and oxygen atoms in total. The van der Waals surface area contributed by atoms with Gasteiger partial charge in [-0.25, -0.2) is 0 Å². The third kappa shape index (κ3) is 4.91. The van der Waals surface area contributed by atoms with Gasteiger partial charge in [-0.2, -0.15) is 0 Å². The lowest BCUT2D eigenvalue weighted by Gasteiger charge is -2.22. The summed E-state index contributed by atoms with van der Waals surface area (Å²) < 4.78 is 0. The second-order valence-corrected chi connectivity index (χ2v) is 9.93. The Morgan fingerprint density at radius 2 is 0.684 bits per heavy atom. The molecule has 6 rings (SSSR count). The van der Waals surface area contributed by atoms with Gasteiger partial charge in [-0.1, -0.05) is 169 Å². The topological polar surface area (TPSA) is 0 Å². The maximum Gasteiger partial charge on any atom is 0.0726 e. The number of hydrogen-bond acceptors (Lipinski definition) is 0. The van der Waals surface area contributed by atoms with E-state index in [2.05, 4.69) is 121 Å². The molecule has 180 valence electrons. The van der Waals surface area contributed by atoms with Crippen molar-refractivity contribution in [2.75, 3.05) is 0 Å². The van der Waals surface area contributed by atoms with Crippen LogP contribution in [0.25, 0.3) is 0 Å². The van der Waals surface area contributed by atoms with Crippen molar-refractivity contribution in [1.29, 1.82) is 0 Å². The van der Waals surface area contributed by atoms with E-state index in [0.717, 1.165) is 27.8 Å². The van der Waals surface area contributed by atoms with Crippen LogP contribution in [0.2, 0.25) is 5.02 Å². The minimum atomic E-state index is 0.0428. The average Bonchev–Trinajstić information content (AvgIpc) is 3.77. The summed E-state index contributed by atoms with van der Waals surface area (Å²) in [6.45, 7) is 0. The fourth-order valence-corrected chi connectivity index (χ4v) is 5.40. The van der Waals surface area contributed by atoms with E-state index in [1.165, 1.54) is 0 Å². The Labute approximate surface area is 230 Å². The van der Waals surface area contributed by atoms with Crippen molar-refractivity contribution in [3.05, 3.63) is 154 Å². The third-order valence-corrected chi connectivity index (χ3v) is 7.39. The first-order valence-electron chi connectivity index (χ1n) is 13.0. The van der Waals surface area contributed by atoms with Gasteiger partial charge in [0.25, 0.3) is 0 Å². The molecular weight excluding hydrogens is 480 g/mol. The van der Waals surface area contributed by atoms with Crippen LogP contribution in [0.15, 0.2) is 122 Å². The maximum atomic E-state index is 7.30. The van der Waals surface area contributed by atoms with E-state index in [9.17, 15) is 0 Å². The summed E-state index contributed by atoms with van der Waals surface area (Å²) in [5.41, 5.74) is 4.74. The summed E-state index contributed by atoms with van der Waals surface area (Å²) in [6, 6.07) is 0. The van der Waals surface area contributed by atoms with Crippen molar-refractivity contribution in [2.45, 2.75) is 11.8 Å². The molecule has 0 N–H and O–H groups in total. The van der Waals surface area contributed by atoms with E-state index in [4.69, 9.17) is 11.6 Å². The molecular formula is C37H25Cl. The first-order chi connectivity index (χ1) is 18.8. The summed E-state index contributed by atoms with van der Waals surface area (Å²) in [5, 5.41) is 0.612. The highest BCUT2D eigenvalue weighted by atomic mass is 35.5. The SMILES string of the molecule is Clc1c(C#CC2C=CC=C2)c(C2C=CC=C2)c(C#CC2C=CC=C2)c(C2C=CC=C2)c1C#CC1C=CC=C1. The first kappa shape index (κ1) is 24.0. The summed E-state index contributed by atoms with van der Waals surface area (Å²) in [4.78, 5) is 0. The van der Waals surface area contributed by atoms with Crippen LogP contribution in [0.1, 0.15) is 39.7 Å². The van der Waals surface area contributed by atoms with Crippen molar-refractivity contribution in [2.24, 2.45) is 17.8 Å². The Morgan fingerprint density at radius 1 is 0.395 bits per heavy atom. The van der Waals surface area contributed by atoms with Crippen molar-refractivity contribution >= 4 is 11.6 Å². The summed E-state index contributed by atoms with van der Waals surface area (Å²) >= 11 is 7.30. The van der Waals surface area contributed by atoms with Gasteiger partial charge in [0.1, 0.15) is 0 Å². The van der Waals surface area contributed by atoms with Gasteiger partial charge in [0.2, 0.25) is 0 Å². The highest BCUT2D eigenvalue weighted by Crippen LogP contribution is 2.42. The summed E-state index contributed by atoms with van der Waals surface area (Å²) in [7, 11) is 0. The lowest BCUT2D eigenvalue weighted by atomic mass is 9.80. The average molecular weight is 505 g/mol. The first-order valence-corrected chi connectivity index (χ1v) is 13.3. The zero-order valence-corrected chi connectivity index (χ0v) is 21.6. The van der Waals surface area contributed by atoms with Crippen LogP contribution in [0.3, 0.4) is 0 Å². The zero-order chi connectivity index (χ0) is 25.7. The monoisotopic (exact) mass is 504 g/mol. The molecule has 1 heteroatoms. The Hall–Kier alpha value is -4.41. The van der Waals surface area contributed by atoms with E-state index in [1.807, 2.05) is 36.5 Å². The van der Waals surface area contributed by atoms with E-state index >= 15 is 0 Å². The van der Waals surface area contributed by atoms with Gasteiger partial charge in [-0.3, -0.25) is 0 Å². The second-order valence-electron chi connectivity index (χ2n) is 9.55. The van der Waals surface area contributed by atoms with Crippen molar-refractivity contribution in [1.82, 2.24) is 0 Å². The molecule has 5 aliphatic rings. The fourth-order valence-electron chi connectivity index (χ4n) is 5.10. The molecule has 0 saturated carbocycles. The fraction of sp³-hybridized carbons (Fsp3) is 0.135.